The van der Waals surface area contributed by atoms with Crippen molar-refractivity contribution in [2.45, 2.75) is 0 Å². The topological polar surface area (TPSA) is 59.9 Å². The minimum absolute atomic E-state index is 0.126. The molecule has 0 atom stereocenters. The van der Waals surface area contributed by atoms with Gasteiger partial charge in [0.15, 0.2) is 6.61 Å². The summed E-state index contributed by atoms with van der Waals surface area (Å²) in [6.45, 7) is -0.129. The molecule has 0 fully saturated rings. The highest BCUT2D eigenvalue weighted by molar-refractivity contribution is 6.35. The Morgan fingerprint density at radius 1 is 1.10 bits per heavy atom. The number of hydrogen-bond acceptors (Lipinski definition) is 4. The summed E-state index contributed by atoms with van der Waals surface area (Å²) in [5, 5.41) is 6.75. The SMILES string of the molecule is C#CCOc1ccc2ccccc2c1/C=N\NC(=O)COc1ccc(Cl)cc1Cl. The Morgan fingerprint density at radius 2 is 1.90 bits per heavy atom. The van der Waals surface area contributed by atoms with Gasteiger partial charge in [0.25, 0.3) is 5.91 Å². The van der Waals surface area contributed by atoms with Gasteiger partial charge in [-0.25, -0.2) is 5.43 Å². The molecular formula is C22H16Cl2N2O3. The Labute approximate surface area is 178 Å². The molecule has 0 aliphatic carbocycles. The predicted molar refractivity (Wildman–Crippen MR) is 116 cm³/mol. The van der Waals surface area contributed by atoms with Gasteiger partial charge in [0.1, 0.15) is 18.1 Å². The molecule has 0 aromatic heterocycles. The molecule has 0 aliphatic rings. The Morgan fingerprint density at radius 3 is 2.69 bits per heavy atom. The molecule has 0 aliphatic heterocycles. The van der Waals surface area contributed by atoms with Crippen LogP contribution in [0.5, 0.6) is 11.5 Å². The number of fused-ring (bicyclic) bond motifs is 1. The average Bonchev–Trinajstić information content (AvgIpc) is 2.72. The summed E-state index contributed by atoms with van der Waals surface area (Å²) in [7, 11) is 0. The molecule has 1 N–H and O–H groups in total. The zero-order valence-corrected chi connectivity index (χ0v) is 16.7. The molecule has 146 valence electrons. The van der Waals surface area contributed by atoms with Gasteiger partial charge in [-0.15, -0.1) is 6.42 Å². The quantitative estimate of drug-likeness (QED) is 0.338. The zero-order valence-electron chi connectivity index (χ0n) is 15.2. The first kappa shape index (κ1) is 20.5. The zero-order chi connectivity index (χ0) is 20.6. The van der Waals surface area contributed by atoms with Crippen molar-refractivity contribution in [3.63, 3.8) is 0 Å². The molecule has 0 saturated carbocycles. The first-order valence-electron chi connectivity index (χ1n) is 8.56. The number of hydrazone groups is 1. The largest absolute Gasteiger partial charge is 0.482 e. The summed E-state index contributed by atoms with van der Waals surface area (Å²) in [5.74, 6) is 2.92. The van der Waals surface area contributed by atoms with E-state index in [9.17, 15) is 4.79 Å². The highest BCUT2D eigenvalue weighted by atomic mass is 35.5. The van der Waals surface area contributed by atoms with Gasteiger partial charge in [0.2, 0.25) is 0 Å². The van der Waals surface area contributed by atoms with E-state index in [4.69, 9.17) is 39.1 Å². The number of carbonyl (C=O) groups is 1. The van der Waals surface area contributed by atoms with Gasteiger partial charge in [-0.3, -0.25) is 4.79 Å². The van der Waals surface area contributed by atoms with Crippen molar-refractivity contribution in [2.24, 2.45) is 5.10 Å². The molecule has 3 rings (SSSR count). The maximum absolute atomic E-state index is 12.0. The van der Waals surface area contributed by atoms with Gasteiger partial charge in [0.05, 0.1) is 11.2 Å². The molecule has 0 saturated heterocycles. The third-order valence-corrected chi connectivity index (χ3v) is 4.41. The van der Waals surface area contributed by atoms with Gasteiger partial charge in [-0.1, -0.05) is 59.5 Å². The number of halogens is 2. The Kier molecular flexibility index (Phi) is 6.96. The molecule has 29 heavy (non-hydrogen) atoms. The smallest absolute Gasteiger partial charge is 0.277 e. The van der Waals surface area contributed by atoms with Crippen molar-refractivity contribution in [1.82, 2.24) is 5.43 Å². The Hall–Kier alpha value is -3.20. The molecule has 0 spiro atoms. The second-order valence-corrected chi connectivity index (χ2v) is 6.69. The van der Waals surface area contributed by atoms with Crippen LogP contribution in [0, 0.1) is 12.3 Å². The van der Waals surface area contributed by atoms with Crippen LogP contribution in [0.3, 0.4) is 0 Å². The molecular weight excluding hydrogens is 411 g/mol. The fraction of sp³-hybridized carbons (Fsp3) is 0.0909. The monoisotopic (exact) mass is 426 g/mol. The van der Waals surface area contributed by atoms with Gasteiger partial charge in [0, 0.05) is 10.6 Å². The van der Waals surface area contributed by atoms with E-state index in [0.29, 0.717) is 27.1 Å². The van der Waals surface area contributed by atoms with Crippen LogP contribution < -0.4 is 14.9 Å². The lowest BCUT2D eigenvalue weighted by molar-refractivity contribution is -0.123. The van der Waals surface area contributed by atoms with Crippen LogP contribution in [-0.2, 0) is 4.79 Å². The normalized spacial score (nSPS) is 10.7. The van der Waals surface area contributed by atoms with Crippen molar-refractivity contribution in [1.29, 1.82) is 0 Å². The van der Waals surface area contributed by atoms with Crippen molar-refractivity contribution in [2.75, 3.05) is 13.2 Å². The number of nitrogens with one attached hydrogen (secondary N) is 1. The molecule has 0 heterocycles. The summed E-state index contributed by atoms with van der Waals surface area (Å²) in [4.78, 5) is 12.0. The summed E-state index contributed by atoms with van der Waals surface area (Å²) in [6, 6.07) is 16.2. The van der Waals surface area contributed by atoms with Crippen LogP contribution in [0.25, 0.3) is 10.8 Å². The van der Waals surface area contributed by atoms with E-state index in [2.05, 4.69) is 16.4 Å². The van der Waals surface area contributed by atoms with E-state index >= 15 is 0 Å². The Balaban J connectivity index is 1.69. The summed E-state index contributed by atoms with van der Waals surface area (Å²) in [6.07, 6.45) is 6.80. The summed E-state index contributed by atoms with van der Waals surface area (Å²) in [5.41, 5.74) is 3.13. The Bertz CT molecular complexity index is 1110. The van der Waals surface area contributed by atoms with E-state index in [1.807, 2.05) is 36.4 Å². The number of benzene rings is 3. The molecule has 3 aromatic rings. The van der Waals surface area contributed by atoms with Crippen LogP contribution in [0.2, 0.25) is 10.0 Å². The lowest BCUT2D eigenvalue weighted by Gasteiger charge is -2.10. The van der Waals surface area contributed by atoms with Gasteiger partial charge >= 0.3 is 0 Å². The number of ether oxygens (including phenoxy) is 2. The van der Waals surface area contributed by atoms with Crippen molar-refractivity contribution < 1.29 is 14.3 Å². The van der Waals surface area contributed by atoms with Gasteiger partial charge < -0.3 is 9.47 Å². The third-order valence-electron chi connectivity index (χ3n) is 3.88. The maximum Gasteiger partial charge on any atom is 0.277 e. The number of rotatable bonds is 7. The highest BCUT2D eigenvalue weighted by Crippen LogP contribution is 2.28. The number of terminal acetylenes is 1. The van der Waals surface area contributed by atoms with E-state index < -0.39 is 5.91 Å². The fourth-order valence-electron chi connectivity index (χ4n) is 2.59. The second-order valence-electron chi connectivity index (χ2n) is 5.85. The minimum Gasteiger partial charge on any atom is -0.482 e. The van der Waals surface area contributed by atoms with E-state index in [0.717, 1.165) is 10.8 Å². The number of carbonyl (C=O) groups excluding carboxylic acids is 1. The van der Waals surface area contributed by atoms with Crippen molar-refractivity contribution in [3.05, 3.63) is 70.2 Å². The van der Waals surface area contributed by atoms with Crippen molar-refractivity contribution in [3.8, 4) is 23.8 Å². The molecule has 1 amide bonds. The van der Waals surface area contributed by atoms with E-state index in [-0.39, 0.29) is 13.2 Å². The third kappa shape index (κ3) is 5.41. The molecule has 5 nitrogen and oxygen atoms in total. The number of nitrogens with zero attached hydrogens (tertiary/aromatic N) is 1. The lowest BCUT2D eigenvalue weighted by atomic mass is 10.0. The molecule has 7 heteroatoms. The second kappa shape index (κ2) is 9.83. The fourth-order valence-corrected chi connectivity index (χ4v) is 3.05. The molecule has 0 radical (unpaired) electrons. The first-order valence-corrected chi connectivity index (χ1v) is 9.32. The van der Waals surface area contributed by atoms with Crippen molar-refractivity contribution >= 4 is 46.1 Å². The van der Waals surface area contributed by atoms with Crippen LogP contribution in [0.15, 0.2) is 59.7 Å². The number of amides is 1. The minimum atomic E-state index is -0.446. The van der Waals surface area contributed by atoms with Gasteiger partial charge in [-0.2, -0.15) is 5.10 Å². The maximum atomic E-state index is 12.0. The first-order chi connectivity index (χ1) is 14.1. The molecule has 0 unspecified atom stereocenters. The molecule has 3 aromatic carbocycles. The summed E-state index contributed by atoms with van der Waals surface area (Å²) < 4.78 is 11.0. The predicted octanol–water partition coefficient (Wildman–Crippen LogP) is 4.69. The van der Waals surface area contributed by atoms with Gasteiger partial charge in [-0.05, 0) is 35.0 Å². The summed E-state index contributed by atoms with van der Waals surface area (Å²) >= 11 is 11.8. The van der Waals surface area contributed by atoms with Crippen LogP contribution in [0.1, 0.15) is 5.56 Å². The van der Waals surface area contributed by atoms with Crippen LogP contribution in [-0.4, -0.2) is 25.3 Å². The van der Waals surface area contributed by atoms with Crippen LogP contribution in [0.4, 0.5) is 0 Å². The standard InChI is InChI=1S/C22H16Cl2N2O3/c1-2-11-28-20-9-7-15-5-3-4-6-17(15)18(20)13-25-26-22(27)14-29-21-10-8-16(23)12-19(21)24/h1,3-10,12-13H,11,14H2,(H,26,27)/b25-13-. The van der Waals surface area contributed by atoms with E-state index in [1.54, 1.807) is 12.1 Å². The average molecular weight is 427 g/mol. The lowest BCUT2D eigenvalue weighted by Crippen LogP contribution is -2.24. The highest BCUT2D eigenvalue weighted by Gasteiger charge is 2.08. The number of hydrogen-bond donors (Lipinski definition) is 1. The van der Waals surface area contributed by atoms with E-state index in [1.165, 1.54) is 12.3 Å². The molecule has 0 bridgehead atoms. The van der Waals surface area contributed by atoms with Crippen LogP contribution >= 0.6 is 23.2 Å².